The van der Waals surface area contributed by atoms with Gasteiger partial charge < -0.3 is 20.9 Å². The molecule has 0 bridgehead atoms. The number of carbonyl (C=O) groups excluding carboxylic acids is 3. The number of halogens is 3. The maximum absolute atomic E-state index is 12.9. The van der Waals surface area contributed by atoms with Gasteiger partial charge in [0, 0.05) is 41.3 Å². The van der Waals surface area contributed by atoms with Crippen LogP contribution in [0.3, 0.4) is 0 Å². The van der Waals surface area contributed by atoms with Crippen LogP contribution in [0.1, 0.15) is 39.1 Å². The molecular formula is C27H25F3N4O3. The quantitative estimate of drug-likeness (QED) is 0.405. The van der Waals surface area contributed by atoms with E-state index in [4.69, 9.17) is 0 Å². The smallest absolute Gasteiger partial charge is 0.376 e. The zero-order valence-electron chi connectivity index (χ0n) is 19.8. The number of alkyl halides is 3. The number of hydrogen-bond acceptors (Lipinski definition) is 4. The van der Waals surface area contributed by atoms with Gasteiger partial charge in [0.1, 0.15) is 0 Å². The molecule has 1 aliphatic rings. The zero-order valence-corrected chi connectivity index (χ0v) is 19.8. The van der Waals surface area contributed by atoms with Crippen molar-refractivity contribution in [1.29, 1.82) is 0 Å². The van der Waals surface area contributed by atoms with E-state index in [9.17, 15) is 27.6 Å². The Labute approximate surface area is 211 Å². The Morgan fingerprint density at radius 3 is 2.05 bits per heavy atom. The van der Waals surface area contributed by atoms with Crippen LogP contribution in [0, 0.1) is 0 Å². The van der Waals surface area contributed by atoms with Crippen LogP contribution in [0.4, 0.5) is 30.2 Å². The second kappa shape index (κ2) is 11.2. The van der Waals surface area contributed by atoms with E-state index in [0.29, 0.717) is 16.9 Å². The summed E-state index contributed by atoms with van der Waals surface area (Å²) in [5.74, 6) is -1.01. The maximum Gasteiger partial charge on any atom is 0.416 e. The summed E-state index contributed by atoms with van der Waals surface area (Å²) in [6, 6.07) is 17.4. The Balaban J connectivity index is 1.33. The number of nitrogens with one attached hydrogen (secondary N) is 3. The molecule has 3 aromatic carbocycles. The minimum absolute atomic E-state index is 0.0167. The number of likely N-dealkylation sites (tertiary alicyclic amines) is 1. The normalized spacial score (nSPS) is 13.2. The van der Waals surface area contributed by atoms with E-state index in [0.717, 1.165) is 38.1 Å². The third-order valence-electron chi connectivity index (χ3n) is 5.81. The van der Waals surface area contributed by atoms with Crippen LogP contribution in [0.25, 0.3) is 0 Å². The highest BCUT2D eigenvalue weighted by Gasteiger charge is 2.30. The van der Waals surface area contributed by atoms with E-state index >= 15 is 0 Å². The Bertz CT molecular complexity index is 1300. The standard InChI is InChI=1S/C27H25F3N4O3/c28-27(29,30)20-8-5-11-23(16-20)33-25(36)18-6-3-9-21(14-18)31-17-24(35)32-22-10-4-7-19(15-22)26(37)34-12-1-2-13-34/h3-11,14-16,31H,1-2,12-13,17H2,(H,32,35)(H,33,36). The summed E-state index contributed by atoms with van der Waals surface area (Å²) in [6.45, 7) is 1.36. The first-order valence-electron chi connectivity index (χ1n) is 11.7. The summed E-state index contributed by atoms with van der Waals surface area (Å²) in [4.78, 5) is 39.4. The average molecular weight is 511 g/mol. The van der Waals surface area contributed by atoms with E-state index in [1.54, 1.807) is 41.3 Å². The predicted octanol–water partition coefficient (Wildman–Crippen LogP) is 5.24. The fourth-order valence-electron chi connectivity index (χ4n) is 3.97. The molecule has 3 aromatic rings. The number of anilines is 3. The molecule has 7 nitrogen and oxygen atoms in total. The fourth-order valence-corrected chi connectivity index (χ4v) is 3.97. The number of amides is 3. The highest BCUT2D eigenvalue weighted by molar-refractivity contribution is 6.05. The third-order valence-corrected chi connectivity index (χ3v) is 5.81. The maximum atomic E-state index is 12.9. The lowest BCUT2D eigenvalue weighted by Crippen LogP contribution is -2.27. The van der Waals surface area contributed by atoms with Crippen LogP contribution in [-0.4, -0.2) is 42.3 Å². The molecule has 37 heavy (non-hydrogen) atoms. The minimum atomic E-state index is -4.52. The largest absolute Gasteiger partial charge is 0.416 e. The number of benzene rings is 3. The molecule has 192 valence electrons. The number of nitrogens with zero attached hydrogens (tertiary/aromatic N) is 1. The Kier molecular flexibility index (Phi) is 7.76. The fraction of sp³-hybridized carbons (Fsp3) is 0.222. The van der Waals surface area contributed by atoms with Gasteiger partial charge in [-0.2, -0.15) is 13.2 Å². The van der Waals surface area contributed by atoms with E-state index in [1.807, 2.05) is 0 Å². The van der Waals surface area contributed by atoms with Crippen molar-refractivity contribution in [2.45, 2.75) is 19.0 Å². The van der Waals surface area contributed by atoms with Crippen molar-refractivity contribution in [2.24, 2.45) is 0 Å². The second-order valence-electron chi connectivity index (χ2n) is 8.60. The summed E-state index contributed by atoms with van der Waals surface area (Å²) < 4.78 is 38.8. The molecule has 1 heterocycles. The summed E-state index contributed by atoms with van der Waals surface area (Å²) in [5.41, 5.74) is 0.833. The SMILES string of the molecule is O=C(CNc1cccc(C(=O)Nc2cccc(C(F)(F)F)c2)c1)Nc1cccc(C(=O)N2CCCC2)c1. The molecule has 0 aliphatic carbocycles. The van der Waals surface area contributed by atoms with Gasteiger partial charge in [0.15, 0.2) is 0 Å². The van der Waals surface area contributed by atoms with Crippen molar-refractivity contribution in [1.82, 2.24) is 4.90 Å². The van der Waals surface area contributed by atoms with Gasteiger partial charge in [-0.15, -0.1) is 0 Å². The lowest BCUT2D eigenvalue weighted by atomic mass is 10.1. The topological polar surface area (TPSA) is 90.5 Å². The minimum Gasteiger partial charge on any atom is -0.376 e. The van der Waals surface area contributed by atoms with Crippen molar-refractivity contribution in [3.8, 4) is 0 Å². The van der Waals surface area contributed by atoms with Crippen molar-refractivity contribution < 1.29 is 27.6 Å². The first kappa shape index (κ1) is 25.7. The molecule has 0 saturated carbocycles. The molecule has 4 rings (SSSR count). The lowest BCUT2D eigenvalue weighted by molar-refractivity contribution is -0.137. The van der Waals surface area contributed by atoms with Gasteiger partial charge in [0.25, 0.3) is 11.8 Å². The van der Waals surface area contributed by atoms with Crippen LogP contribution in [0.5, 0.6) is 0 Å². The van der Waals surface area contributed by atoms with Gasteiger partial charge in [-0.25, -0.2) is 0 Å². The highest BCUT2D eigenvalue weighted by Crippen LogP contribution is 2.30. The van der Waals surface area contributed by atoms with Crippen LogP contribution in [-0.2, 0) is 11.0 Å². The van der Waals surface area contributed by atoms with E-state index in [2.05, 4.69) is 16.0 Å². The van der Waals surface area contributed by atoms with Crippen molar-refractivity contribution >= 4 is 34.8 Å². The molecule has 0 unspecified atom stereocenters. The first-order valence-corrected chi connectivity index (χ1v) is 11.7. The predicted molar refractivity (Wildman–Crippen MR) is 135 cm³/mol. The molecule has 1 saturated heterocycles. The summed E-state index contributed by atoms with van der Waals surface area (Å²) in [5, 5.41) is 8.11. The molecule has 3 N–H and O–H groups in total. The Morgan fingerprint density at radius 1 is 0.757 bits per heavy atom. The van der Waals surface area contributed by atoms with Gasteiger partial charge >= 0.3 is 6.18 Å². The molecule has 1 fully saturated rings. The van der Waals surface area contributed by atoms with Crippen LogP contribution >= 0.6 is 0 Å². The Morgan fingerprint density at radius 2 is 1.35 bits per heavy atom. The van der Waals surface area contributed by atoms with Gasteiger partial charge in [-0.1, -0.05) is 18.2 Å². The highest BCUT2D eigenvalue weighted by atomic mass is 19.4. The molecule has 0 atom stereocenters. The average Bonchev–Trinajstić information content (AvgIpc) is 3.42. The zero-order chi connectivity index (χ0) is 26.4. The summed E-state index contributed by atoms with van der Waals surface area (Å²) in [6.07, 6.45) is -2.54. The van der Waals surface area contributed by atoms with Crippen molar-refractivity contribution in [2.75, 3.05) is 35.6 Å². The number of rotatable bonds is 7. The molecule has 0 aromatic heterocycles. The molecule has 3 amide bonds. The lowest BCUT2D eigenvalue weighted by Gasteiger charge is -2.16. The van der Waals surface area contributed by atoms with Crippen molar-refractivity contribution in [3.63, 3.8) is 0 Å². The first-order chi connectivity index (χ1) is 17.7. The Hall–Kier alpha value is -4.34. The monoisotopic (exact) mass is 510 g/mol. The number of carbonyl (C=O) groups is 3. The van der Waals surface area contributed by atoms with Crippen LogP contribution in [0.2, 0.25) is 0 Å². The van der Waals surface area contributed by atoms with Gasteiger partial charge in [-0.3, -0.25) is 14.4 Å². The molecular weight excluding hydrogens is 485 g/mol. The molecule has 0 radical (unpaired) electrons. The molecule has 0 spiro atoms. The number of hydrogen-bond donors (Lipinski definition) is 3. The van der Waals surface area contributed by atoms with Gasteiger partial charge in [0.05, 0.1) is 12.1 Å². The summed E-state index contributed by atoms with van der Waals surface area (Å²) in [7, 11) is 0. The van der Waals surface area contributed by atoms with Crippen LogP contribution in [0.15, 0.2) is 72.8 Å². The van der Waals surface area contributed by atoms with E-state index in [-0.39, 0.29) is 29.6 Å². The summed E-state index contributed by atoms with van der Waals surface area (Å²) >= 11 is 0. The third kappa shape index (κ3) is 6.87. The molecule has 10 heteroatoms. The van der Waals surface area contributed by atoms with E-state index < -0.39 is 17.6 Å². The molecule has 1 aliphatic heterocycles. The van der Waals surface area contributed by atoms with Crippen LogP contribution < -0.4 is 16.0 Å². The van der Waals surface area contributed by atoms with E-state index in [1.165, 1.54) is 24.3 Å². The van der Waals surface area contributed by atoms with Gasteiger partial charge in [-0.05, 0) is 67.4 Å². The second-order valence-corrected chi connectivity index (χ2v) is 8.60. The van der Waals surface area contributed by atoms with Gasteiger partial charge in [0.2, 0.25) is 5.91 Å². The van der Waals surface area contributed by atoms with Crippen molar-refractivity contribution in [3.05, 3.63) is 89.5 Å².